The van der Waals surface area contributed by atoms with Crippen molar-refractivity contribution in [1.82, 2.24) is 0 Å². The Morgan fingerprint density at radius 3 is 2.45 bits per heavy atom. The number of ether oxygens (including phenoxy) is 1. The number of hydrogen-bond donors (Lipinski definition) is 2. The molecule has 2 rings (SSSR count). The summed E-state index contributed by atoms with van der Waals surface area (Å²) in [5.74, 6) is 0.124. The van der Waals surface area contributed by atoms with E-state index in [1.165, 1.54) is 6.07 Å². The van der Waals surface area contributed by atoms with Gasteiger partial charge in [0, 0.05) is 16.8 Å². The second-order valence-electron chi connectivity index (χ2n) is 4.20. The lowest BCUT2D eigenvalue weighted by molar-refractivity contribution is 0.100. The first kappa shape index (κ1) is 13.4. The number of hydrogen-bond acceptors (Lipinski definition) is 4. The molecule has 0 unspecified atom stereocenters. The topological polar surface area (TPSA) is 102 Å². The minimum absolute atomic E-state index is 0.275. The Morgan fingerprint density at radius 2 is 1.90 bits per heavy atom. The van der Waals surface area contributed by atoms with Crippen LogP contribution in [0.4, 0.5) is 5.69 Å². The maximum absolute atomic E-state index is 11.0. The predicted octanol–water partition coefficient (Wildman–Crippen LogP) is 1.82. The second-order valence-corrected chi connectivity index (χ2v) is 4.20. The molecule has 0 radical (unpaired) electrons. The summed E-state index contributed by atoms with van der Waals surface area (Å²) in [4.78, 5) is 11.0. The van der Waals surface area contributed by atoms with Gasteiger partial charge in [0.05, 0.1) is 11.6 Å². The standard InChI is InChI=1S/C15H13N3O2/c16-8-10-1-5-13(6-2-10)20-9-12-4-3-11(15(18)19)7-14(12)17/h1-7H,9,17H2,(H2,18,19). The molecule has 0 aliphatic carbocycles. The van der Waals surface area contributed by atoms with Crippen LogP contribution in [-0.2, 0) is 6.61 Å². The van der Waals surface area contributed by atoms with Crippen LogP contribution in [0, 0.1) is 11.3 Å². The number of primary amides is 1. The molecule has 20 heavy (non-hydrogen) atoms. The van der Waals surface area contributed by atoms with Gasteiger partial charge in [0.25, 0.3) is 0 Å². The summed E-state index contributed by atoms with van der Waals surface area (Å²) >= 11 is 0. The predicted molar refractivity (Wildman–Crippen MR) is 74.9 cm³/mol. The van der Waals surface area contributed by atoms with Crippen molar-refractivity contribution < 1.29 is 9.53 Å². The molecule has 1 amide bonds. The summed E-state index contributed by atoms with van der Waals surface area (Å²) < 4.78 is 5.57. The Kier molecular flexibility index (Phi) is 3.87. The molecule has 0 saturated carbocycles. The van der Waals surface area contributed by atoms with Crippen LogP contribution in [0.2, 0.25) is 0 Å². The quantitative estimate of drug-likeness (QED) is 0.825. The van der Waals surface area contributed by atoms with Gasteiger partial charge in [0.2, 0.25) is 5.91 Å². The summed E-state index contributed by atoms with van der Waals surface area (Å²) in [6, 6.07) is 13.7. The molecule has 2 aromatic rings. The Bertz CT molecular complexity index is 673. The molecule has 0 fully saturated rings. The lowest BCUT2D eigenvalue weighted by Gasteiger charge is -2.09. The van der Waals surface area contributed by atoms with Crippen LogP contribution in [0.5, 0.6) is 5.75 Å². The zero-order valence-corrected chi connectivity index (χ0v) is 10.7. The smallest absolute Gasteiger partial charge is 0.248 e. The maximum Gasteiger partial charge on any atom is 0.248 e. The highest BCUT2D eigenvalue weighted by Gasteiger charge is 2.05. The zero-order valence-electron chi connectivity index (χ0n) is 10.7. The fourth-order valence-electron chi connectivity index (χ4n) is 1.67. The van der Waals surface area contributed by atoms with Crippen LogP contribution in [0.3, 0.4) is 0 Å². The van der Waals surface area contributed by atoms with Crippen LogP contribution in [0.15, 0.2) is 42.5 Å². The number of nitrogens with zero attached hydrogens (tertiary/aromatic N) is 1. The summed E-state index contributed by atoms with van der Waals surface area (Å²) in [7, 11) is 0. The van der Waals surface area contributed by atoms with Gasteiger partial charge in [0.1, 0.15) is 12.4 Å². The fraction of sp³-hybridized carbons (Fsp3) is 0.0667. The Morgan fingerprint density at radius 1 is 1.20 bits per heavy atom. The SMILES string of the molecule is N#Cc1ccc(OCc2ccc(C(N)=O)cc2N)cc1. The third-order valence-corrected chi connectivity index (χ3v) is 2.81. The zero-order chi connectivity index (χ0) is 14.5. The van der Waals surface area contributed by atoms with Crippen molar-refractivity contribution in [3.8, 4) is 11.8 Å². The molecule has 100 valence electrons. The van der Waals surface area contributed by atoms with Crippen molar-refractivity contribution in [2.75, 3.05) is 5.73 Å². The minimum atomic E-state index is -0.517. The molecule has 4 N–H and O–H groups in total. The molecular weight excluding hydrogens is 254 g/mol. The summed E-state index contributed by atoms with van der Waals surface area (Å²) in [5, 5.41) is 8.70. The second kappa shape index (κ2) is 5.76. The molecule has 0 aliphatic rings. The number of carbonyl (C=O) groups is 1. The van der Waals surface area contributed by atoms with Gasteiger partial charge in [-0.3, -0.25) is 4.79 Å². The molecule has 0 heterocycles. The highest BCUT2D eigenvalue weighted by atomic mass is 16.5. The van der Waals surface area contributed by atoms with Crippen LogP contribution in [0.25, 0.3) is 0 Å². The van der Waals surface area contributed by atoms with Gasteiger partial charge >= 0.3 is 0 Å². The monoisotopic (exact) mass is 267 g/mol. The van der Waals surface area contributed by atoms with Crippen molar-refractivity contribution in [2.24, 2.45) is 5.73 Å². The Hall–Kier alpha value is -3.00. The van der Waals surface area contributed by atoms with Crippen LogP contribution in [-0.4, -0.2) is 5.91 Å². The molecule has 0 atom stereocenters. The first-order valence-corrected chi connectivity index (χ1v) is 5.91. The number of anilines is 1. The lowest BCUT2D eigenvalue weighted by Crippen LogP contribution is -2.12. The van der Waals surface area contributed by atoms with Crippen molar-refractivity contribution in [2.45, 2.75) is 6.61 Å². The number of nitrogen functional groups attached to an aromatic ring is 1. The lowest BCUT2D eigenvalue weighted by atomic mass is 10.1. The van der Waals surface area contributed by atoms with Gasteiger partial charge < -0.3 is 16.2 Å². The van der Waals surface area contributed by atoms with Gasteiger partial charge in [-0.2, -0.15) is 5.26 Å². The largest absolute Gasteiger partial charge is 0.489 e. The fourth-order valence-corrected chi connectivity index (χ4v) is 1.67. The van der Waals surface area contributed by atoms with Crippen LogP contribution in [0.1, 0.15) is 21.5 Å². The third-order valence-electron chi connectivity index (χ3n) is 2.81. The molecule has 0 aliphatic heterocycles. The van der Waals surface area contributed by atoms with E-state index >= 15 is 0 Å². The van der Waals surface area contributed by atoms with Crippen molar-refractivity contribution in [3.63, 3.8) is 0 Å². The summed E-state index contributed by atoms with van der Waals surface area (Å²) in [6.45, 7) is 0.275. The van der Waals surface area contributed by atoms with Crippen molar-refractivity contribution >= 4 is 11.6 Å². The molecule has 5 heteroatoms. The molecule has 0 saturated heterocycles. The first-order chi connectivity index (χ1) is 9.60. The van der Waals surface area contributed by atoms with Crippen LogP contribution < -0.4 is 16.2 Å². The van der Waals surface area contributed by atoms with E-state index in [0.717, 1.165) is 5.56 Å². The van der Waals surface area contributed by atoms with E-state index in [9.17, 15) is 4.79 Å². The molecule has 0 aromatic heterocycles. The van der Waals surface area contributed by atoms with Gasteiger partial charge in [-0.05, 0) is 36.4 Å². The average Bonchev–Trinajstić information content (AvgIpc) is 2.46. The maximum atomic E-state index is 11.0. The van der Waals surface area contributed by atoms with E-state index in [0.29, 0.717) is 22.6 Å². The number of benzene rings is 2. The number of rotatable bonds is 4. The van der Waals surface area contributed by atoms with E-state index in [1.54, 1.807) is 36.4 Å². The summed E-state index contributed by atoms with van der Waals surface area (Å²) in [5.41, 5.74) is 13.2. The third kappa shape index (κ3) is 3.06. The highest BCUT2D eigenvalue weighted by Crippen LogP contribution is 2.18. The number of amides is 1. The van der Waals surface area contributed by atoms with Crippen molar-refractivity contribution in [3.05, 3.63) is 59.2 Å². The van der Waals surface area contributed by atoms with Gasteiger partial charge in [-0.1, -0.05) is 6.07 Å². The Labute approximate surface area is 116 Å². The Balaban J connectivity index is 2.07. The number of carbonyl (C=O) groups excluding carboxylic acids is 1. The minimum Gasteiger partial charge on any atom is -0.489 e. The summed E-state index contributed by atoms with van der Waals surface area (Å²) in [6.07, 6.45) is 0. The average molecular weight is 267 g/mol. The molecule has 2 aromatic carbocycles. The normalized spacial score (nSPS) is 9.75. The number of nitrogens with two attached hydrogens (primary N) is 2. The van der Waals surface area contributed by atoms with Gasteiger partial charge in [-0.25, -0.2) is 0 Å². The molecule has 5 nitrogen and oxygen atoms in total. The van der Waals surface area contributed by atoms with E-state index < -0.39 is 5.91 Å². The highest BCUT2D eigenvalue weighted by molar-refractivity contribution is 5.93. The van der Waals surface area contributed by atoms with Gasteiger partial charge in [0.15, 0.2) is 0 Å². The number of nitriles is 1. The van der Waals surface area contributed by atoms with E-state index in [2.05, 4.69) is 0 Å². The van der Waals surface area contributed by atoms with Crippen molar-refractivity contribution in [1.29, 1.82) is 5.26 Å². The van der Waals surface area contributed by atoms with E-state index in [4.69, 9.17) is 21.5 Å². The first-order valence-electron chi connectivity index (χ1n) is 5.91. The van der Waals surface area contributed by atoms with E-state index in [-0.39, 0.29) is 6.61 Å². The van der Waals surface area contributed by atoms with E-state index in [1.807, 2.05) is 6.07 Å². The molecular formula is C15H13N3O2. The molecule has 0 bridgehead atoms. The van der Waals surface area contributed by atoms with Crippen LogP contribution >= 0.6 is 0 Å². The van der Waals surface area contributed by atoms with Gasteiger partial charge in [-0.15, -0.1) is 0 Å². The molecule has 0 spiro atoms.